The Morgan fingerprint density at radius 1 is 1.30 bits per heavy atom. The van der Waals surface area contributed by atoms with Crippen LogP contribution in [0.2, 0.25) is 0 Å². The van der Waals surface area contributed by atoms with Gasteiger partial charge in [-0.25, -0.2) is 0 Å². The molecule has 0 aliphatic heterocycles. The number of carbonyl (C=O) groups excluding carboxylic acids is 1. The monoisotopic (exact) mass is 335 g/mol. The molecule has 0 saturated carbocycles. The summed E-state index contributed by atoms with van der Waals surface area (Å²) in [4.78, 5) is 11.9. The van der Waals surface area contributed by atoms with Crippen molar-refractivity contribution >= 4 is 17.9 Å². The zero-order valence-corrected chi connectivity index (χ0v) is 15.2. The number of furan rings is 1. The lowest BCUT2D eigenvalue weighted by Gasteiger charge is -2.13. The molecule has 23 heavy (non-hydrogen) atoms. The molecule has 5 heteroatoms. The van der Waals surface area contributed by atoms with Gasteiger partial charge in [-0.15, -0.1) is 0 Å². The van der Waals surface area contributed by atoms with Gasteiger partial charge in [0, 0.05) is 17.5 Å². The first-order valence-corrected chi connectivity index (χ1v) is 8.49. The van der Waals surface area contributed by atoms with Crippen molar-refractivity contribution in [2.45, 2.75) is 51.7 Å². The molecule has 0 atom stereocenters. The predicted octanol–water partition coefficient (Wildman–Crippen LogP) is 4.21. The fraction of sp³-hybridized carbons (Fsp3) is 0.389. The summed E-state index contributed by atoms with van der Waals surface area (Å²) in [7, 11) is 0. The van der Waals surface area contributed by atoms with Gasteiger partial charge in [0.2, 0.25) is 5.91 Å². The first kappa shape index (κ1) is 19.3. The molecule has 0 aliphatic rings. The average Bonchev–Trinajstić information content (AvgIpc) is 2.96. The molecule has 0 bridgehead atoms. The Morgan fingerprint density at radius 3 is 2.57 bits per heavy atom. The van der Waals surface area contributed by atoms with E-state index in [1.807, 2.05) is 45.0 Å². The van der Waals surface area contributed by atoms with Crippen molar-refractivity contribution in [2.24, 2.45) is 0 Å². The van der Waals surface area contributed by atoms with E-state index < -0.39 is 5.60 Å². The molecule has 0 aliphatic carbocycles. The lowest BCUT2D eigenvalue weighted by molar-refractivity contribution is -0.118. The van der Waals surface area contributed by atoms with Crippen molar-refractivity contribution in [2.75, 3.05) is 0 Å². The molecule has 1 amide bonds. The molecule has 2 aromatic rings. The number of aliphatic hydroxyl groups is 1. The lowest BCUT2D eigenvalue weighted by atomic mass is 10.0. The van der Waals surface area contributed by atoms with Gasteiger partial charge in [-0.1, -0.05) is 43.7 Å². The molecule has 1 heterocycles. The molecule has 1 aromatic heterocycles. The van der Waals surface area contributed by atoms with Crippen molar-refractivity contribution in [3.05, 3.63) is 53.3 Å². The number of aryl methyl sites for hydroxylation is 1. The summed E-state index contributed by atoms with van der Waals surface area (Å²) >= 11 is 1.11. The summed E-state index contributed by atoms with van der Waals surface area (Å²) in [6, 6.07) is 9.57. The number of rotatable bonds is 5. The van der Waals surface area contributed by atoms with Crippen LogP contribution in [0.4, 0.5) is 0 Å². The number of hydrogen-bond donors (Lipinski definition) is 2. The van der Waals surface area contributed by atoms with Crippen LogP contribution in [-0.4, -0.2) is 11.0 Å². The molecule has 0 fully saturated rings. The van der Waals surface area contributed by atoms with E-state index in [9.17, 15) is 9.90 Å². The highest BCUT2D eigenvalue weighted by molar-refractivity contribution is 7.97. The highest BCUT2D eigenvalue weighted by Gasteiger charge is 2.19. The van der Waals surface area contributed by atoms with Crippen LogP contribution in [0.3, 0.4) is 0 Å². The highest BCUT2D eigenvalue weighted by Crippen LogP contribution is 2.26. The van der Waals surface area contributed by atoms with Gasteiger partial charge < -0.3 is 9.52 Å². The Bertz CT molecular complexity index is 629. The maximum absolute atomic E-state index is 11.9. The topological polar surface area (TPSA) is 62.5 Å². The van der Waals surface area contributed by atoms with Crippen LogP contribution in [0.1, 0.15) is 44.4 Å². The van der Waals surface area contributed by atoms with Crippen molar-refractivity contribution < 1.29 is 14.3 Å². The van der Waals surface area contributed by atoms with Crippen molar-refractivity contribution in [1.29, 1.82) is 0 Å². The predicted molar refractivity (Wildman–Crippen MR) is 94.2 cm³/mol. The summed E-state index contributed by atoms with van der Waals surface area (Å²) in [5.74, 6) is -0.0909. The molecule has 0 saturated heterocycles. The molecule has 126 valence electrons. The van der Waals surface area contributed by atoms with Crippen molar-refractivity contribution in [3.63, 3.8) is 0 Å². The maximum Gasteiger partial charge on any atom is 0.234 e. The fourth-order valence-electron chi connectivity index (χ4n) is 1.84. The van der Waals surface area contributed by atoms with Crippen LogP contribution in [0, 0.1) is 6.92 Å². The third kappa shape index (κ3) is 6.50. The van der Waals surface area contributed by atoms with E-state index in [4.69, 9.17) is 4.42 Å². The van der Waals surface area contributed by atoms with Crippen LogP contribution < -0.4 is 4.72 Å². The minimum atomic E-state index is -0.951. The van der Waals surface area contributed by atoms with Crippen molar-refractivity contribution in [1.82, 2.24) is 4.72 Å². The second-order valence-electron chi connectivity index (χ2n) is 5.51. The van der Waals surface area contributed by atoms with Crippen molar-refractivity contribution in [3.8, 4) is 0 Å². The van der Waals surface area contributed by atoms with Crippen LogP contribution in [0.25, 0.3) is 0 Å². The summed E-state index contributed by atoms with van der Waals surface area (Å²) < 4.78 is 8.03. The summed E-state index contributed by atoms with van der Waals surface area (Å²) in [6.07, 6.45) is 1.82. The zero-order valence-electron chi connectivity index (χ0n) is 14.3. The van der Waals surface area contributed by atoms with Crippen LogP contribution >= 0.6 is 11.9 Å². The van der Waals surface area contributed by atoms with Crippen LogP contribution in [0.15, 0.2) is 46.1 Å². The van der Waals surface area contributed by atoms with E-state index in [1.54, 1.807) is 19.9 Å². The first-order valence-electron chi connectivity index (χ1n) is 7.67. The number of nitrogens with one attached hydrogen (secondary N) is 1. The zero-order chi connectivity index (χ0) is 17.5. The second-order valence-corrected chi connectivity index (χ2v) is 6.32. The van der Waals surface area contributed by atoms with E-state index in [0.717, 1.165) is 23.1 Å². The molecule has 2 rings (SSSR count). The van der Waals surface area contributed by atoms with Gasteiger partial charge in [0.1, 0.15) is 0 Å². The number of hydrogen-bond acceptors (Lipinski definition) is 4. The minimum absolute atomic E-state index is 0.0909. The summed E-state index contributed by atoms with van der Waals surface area (Å²) in [6.45, 7) is 9.36. The normalized spacial score (nSPS) is 10.7. The quantitative estimate of drug-likeness (QED) is 0.804. The SMILES string of the molecule is CC.Cc1cccc(CC(=O)NSc2cc(C(C)(C)O)co2)c1. The van der Waals surface area contributed by atoms with Gasteiger partial charge in [-0.3, -0.25) is 9.52 Å². The lowest BCUT2D eigenvalue weighted by Crippen LogP contribution is -2.18. The van der Waals surface area contributed by atoms with E-state index in [-0.39, 0.29) is 5.91 Å². The molecule has 4 nitrogen and oxygen atoms in total. The fourth-order valence-corrected chi connectivity index (χ4v) is 2.41. The number of carbonyl (C=O) groups is 1. The van der Waals surface area contributed by atoms with E-state index in [0.29, 0.717) is 17.1 Å². The molecule has 0 unspecified atom stereocenters. The Hall–Kier alpha value is -1.72. The third-order valence-corrected chi connectivity index (χ3v) is 3.74. The largest absolute Gasteiger partial charge is 0.456 e. The minimum Gasteiger partial charge on any atom is -0.456 e. The highest BCUT2D eigenvalue weighted by atomic mass is 32.2. The Morgan fingerprint density at radius 2 is 2.00 bits per heavy atom. The molecular weight excluding hydrogens is 310 g/mol. The van der Waals surface area contributed by atoms with Gasteiger partial charge in [0.15, 0.2) is 5.09 Å². The molecule has 2 N–H and O–H groups in total. The van der Waals surface area contributed by atoms with Gasteiger partial charge in [-0.2, -0.15) is 0 Å². The Balaban J connectivity index is 0.00000127. The van der Waals surface area contributed by atoms with Gasteiger partial charge in [-0.05, 0) is 32.4 Å². The number of amides is 1. The van der Waals surface area contributed by atoms with Gasteiger partial charge >= 0.3 is 0 Å². The first-order chi connectivity index (χ1) is 10.8. The van der Waals surface area contributed by atoms with Gasteiger partial charge in [0.05, 0.1) is 18.3 Å². The standard InChI is InChI=1S/C16H19NO3S.C2H6/c1-11-5-4-6-12(7-11)8-14(18)17-21-15-9-13(10-20-15)16(2,3)19;1-2/h4-7,9-10,19H,8H2,1-3H3,(H,17,18);1-2H3. The van der Waals surface area contributed by atoms with Gasteiger partial charge in [0.25, 0.3) is 0 Å². The van der Waals surface area contributed by atoms with E-state index in [1.165, 1.54) is 6.26 Å². The average molecular weight is 335 g/mol. The second kappa shape index (κ2) is 8.79. The molecular formula is C18H25NO3S. The Kier molecular flexibility index (Phi) is 7.39. The third-order valence-electron chi connectivity index (χ3n) is 2.99. The molecule has 1 aromatic carbocycles. The maximum atomic E-state index is 11.9. The summed E-state index contributed by atoms with van der Waals surface area (Å²) in [5.41, 5.74) is 1.84. The van der Waals surface area contributed by atoms with Crippen LogP contribution in [0.5, 0.6) is 0 Å². The van der Waals surface area contributed by atoms with E-state index >= 15 is 0 Å². The van der Waals surface area contributed by atoms with E-state index in [2.05, 4.69) is 4.72 Å². The molecule has 0 radical (unpaired) electrons. The van der Waals surface area contributed by atoms with Crippen LogP contribution in [-0.2, 0) is 16.8 Å². The molecule has 0 spiro atoms. The number of benzene rings is 1. The smallest absolute Gasteiger partial charge is 0.234 e. The Labute approximate surface area is 142 Å². The summed E-state index contributed by atoms with van der Waals surface area (Å²) in [5, 5.41) is 10.4.